The highest BCUT2D eigenvalue weighted by atomic mass is 28.3. The molecule has 0 aliphatic carbocycles. The lowest BCUT2D eigenvalue weighted by molar-refractivity contribution is -0.112. The maximum atomic E-state index is 12.2. The summed E-state index contributed by atoms with van der Waals surface area (Å²) in [6, 6.07) is 8.91. The summed E-state index contributed by atoms with van der Waals surface area (Å²) in [5, 5.41) is 3.96. The van der Waals surface area contributed by atoms with Crippen LogP contribution in [0.4, 0.5) is 5.69 Å². The third-order valence-corrected chi connectivity index (χ3v) is 8.06. The summed E-state index contributed by atoms with van der Waals surface area (Å²) in [6.07, 6.45) is 5.75. The van der Waals surface area contributed by atoms with Gasteiger partial charge in [0.05, 0.1) is 5.69 Å². The monoisotopic (exact) mass is 492 g/mol. The highest BCUT2D eigenvalue weighted by Gasteiger charge is 2.24. The Morgan fingerprint density at radius 2 is 2.03 bits per heavy atom. The van der Waals surface area contributed by atoms with E-state index in [-0.39, 0.29) is 5.91 Å². The Hall–Kier alpha value is -2.81. The van der Waals surface area contributed by atoms with Crippen LogP contribution in [0.3, 0.4) is 0 Å². The summed E-state index contributed by atoms with van der Waals surface area (Å²) in [4.78, 5) is 21.5. The van der Waals surface area contributed by atoms with Crippen molar-refractivity contribution in [2.24, 2.45) is 0 Å². The van der Waals surface area contributed by atoms with Gasteiger partial charge in [0.25, 0.3) is 5.91 Å². The lowest BCUT2D eigenvalue weighted by Crippen LogP contribution is -2.22. The van der Waals surface area contributed by atoms with Gasteiger partial charge in [-0.25, -0.2) is 9.97 Å². The van der Waals surface area contributed by atoms with E-state index in [9.17, 15) is 4.79 Å². The molecular weight excluding hydrogens is 456 g/mol. The molecule has 1 fully saturated rings. The molecule has 2 aromatic heterocycles. The number of anilines is 1. The van der Waals surface area contributed by atoms with Gasteiger partial charge in [-0.05, 0) is 49.4 Å². The number of nitrogens with one attached hydrogen (secondary N) is 1. The number of benzene rings is 1. The normalized spacial score (nSPS) is 14.9. The van der Waals surface area contributed by atoms with E-state index in [2.05, 4.69) is 47.3 Å². The fraction of sp³-hybridized carbons (Fsp3) is 0.444. The van der Waals surface area contributed by atoms with Gasteiger partial charge in [0.15, 0.2) is 0 Å². The van der Waals surface area contributed by atoms with Crippen molar-refractivity contribution in [3.8, 4) is 11.3 Å². The quantitative estimate of drug-likeness (QED) is 0.231. The second-order valence-electron chi connectivity index (χ2n) is 10.5. The number of fused-ring (bicyclic) bond motifs is 1. The molecule has 1 aromatic carbocycles. The van der Waals surface area contributed by atoms with Gasteiger partial charge >= 0.3 is 0 Å². The Labute approximate surface area is 208 Å². The van der Waals surface area contributed by atoms with E-state index in [0.717, 1.165) is 61.0 Å². The van der Waals surface area contributed by atoms with Crippen LogP contribution >= 0.6 is 0 Å². The van der Waals surface area contributed by atoms with Crippen LogP contribution in [0.2, 0.25) is 25.7 Å². The molecule has 1 amide bonds. The topological polar surface area (TPSA) is 78.3 Å². The van der Waals surface area contributed by atoms with Gasteiger partial charge in [0.1, 0.15) is 18.7 Å². The fourth-order valence-corrected chi connectivity index (χ4v) is 5.07. The summed E-state index contributed by atoms with van der Waals surface area (Å²) in [5.74, 6) is 0.185. The van der Waals surface area contributed by atoms with Crippen LogP contribution in [0.25, 0.3) is 22.3 Å². The highest BCUT2D eigenvalue weighted by Crippen LogP contribution is 2.38. The molecule has 0 radical (unpaired) electrons. The van der Waals surface area contributed by atoms with Crippen molar-refractivity contribution >= 4 is 30.7 Å². The Balaban J connectivity index is 1.72. The third-order valence-electron chi connectivity index (χ3n) is 6.35. The Kier molecular flexibility index (Phi) is 7.84. The fourth-order valence-electron chi connectivity index (χ4n) is 4.31. The molecule has 0 unspecified atom stereocenters. The molecule has 3 aromatic rings. The van der Waals surface area contributed by atoms with E-state index in [1.165, 1.54) is 5.56 Å². The summed E-state index contributed by atoms with van der Waals surface area (Å²) in [6.45, 7) is 15.2. The van der Waals surface area contributed by atoms with Crippen LogP contribution in [0, 0.1) is 0 Å². The van der Waals surface area contributed by atoms with Gasteiger partial charge in [-0.2, -0.15) is 0 Å². The largest absolute Gasteiger partial charge is 0.381 e. The first-order valence-corrected chi connectivity index (χ1v) is 16.0. The molecule has 3 heterocycles. The smallest absolute Gasteiger partial charge is 0.250 e. The highest BCUT2D eigenvalue weighted by molar-refractivity contribution is 6.76. The average Bonchev–Trinajstić information content (AvgIpc) is 3.21. The zero-order valence-corrected chi connectivity index (χ0v) is 22.3. The van der Waals surface area contributed by atoms with Crippen molar-refractivity contribution in [1.29, 1.82) is 0 Å². The molecule has 35 heavy (non-hydrogen) atoms. The van der Waals surface area contributed by atoms with Crippen molar-refractivity contribution in [2.75, 3.05) is 25.1 Å². The van der Waals surface area contributed by atoms with Gasteiger partial charge in [-0.15, -0.1) is 0 Å². The maximum Gasteiger partial charge on any atom is 0.250 e. The Morgan fingerprint density at radius 3 is 2.74 bits per heavy atom. The molecule has 0 atom stereocenters. The van der Waals surface area contributed by atoms with Gasteiger partial charge in [-0.1, -0.05) is 38.4 Å². The second kappa shape index (κ2) is 10.8. The summed E-state index contributed by atoms with van der Waals surface area (Å²) < 4.78 is 13.8. The number of ether oxygens (including phenoxy) is 2. The standard InChI is InChI=1S/C27H36N4O3Si/c1-19(2)27(32)30-22-8-6-7-21(15-22)25-24-23(20-9-11-33-12-10-20)16-31(26(24)29-17-28-25)18-34-13-14-35(3,4)5/h6-8,15-17,20H,1,9-14,18H2,2-5H3,(H,30,32). The molecule has 1 aliphatic rings. The minimum atomic E-state index is -1.16. The van der Waals surface area contributed by atoms with Gasteiger partial charge in [0, 0.05) is 56.3 Å². The minimum Gasteiger partial charge on any atom is -0.381 e. The van der Waals surface area contributed by atoms with Crippen molar-refractivity contribution < 1.29 is 14.3 Å². The minimum absolute atomic E-state index is 0.195. The summed E-state index contributed by atoms with van der Waals surface area (Å²) >= 11 is 0. The molecule has 4 rings (SSSR count). The average molecular weight is 493 g/mol. The number of hydrogen-bond donors (Lipinski definition) is 1. The lowest BCUT2D eigenvalue weighted by Gasteiger charge is -2.22. The first-order chi connectivity index (χ1) is 16.7. The molecule has 0 spiro atoms. The van der Waals surface area contributed by atoms with Crippen molar-refractivity contribution in [3.05, 3.63) is 54.5 Å². The number of aromatic nitrogens is 3. The molecule has 8 heteroatoms. The Morgan fingerprint density at radius 1 is 1.26 bits per heavy atom. The van der Waals surface area contributed by atoms with Crippen LogP contribution in [0.5, 0.6) is 0 Å². The van der Waals surface area contributed by atoms with Crippen LogP contribution < -0.4 is 5.32 Å². The molecule has 1 aliphatic heterocycles. The molecular formula is C27H36N4O3Si. The van der Waals surface area contributed by atoms with Gasteiger partial charge in [0.2, 0.25) is 0 Å². The predicted octanol–water partition coefficient (Wildman–Crippen LogP) is 5.82. The molecule has 186 valence electrons. The second-order valence-corrected chi connectivity index (χ2v) is 16.1. The first-order valence-electron chi connectivity index (χ1n) is 12.3. The van der Waals surface area contributed by atoms with E-state index in [0.29, 0.717) is 23.9 Å². The molecule has 7 nitrogen and oxygen atoms in total. The number of nitrogens with zero attached hydrogens (tertiary/aromatic N) is 3. The number of amides is 1. The number of hydrogen-bond acceptors (Lipinski definition) is 5. The molecule has 0 bridgehead atoms. The third kappa shape index (κ3) is 6.25. The number of rotatable bonds is 9. The molecule has 1 N–H and O–H groups in total. The predicted molar refractivity (Wildman–Crippen MR) is 143 cm³/mol. The van der Waals surface area contributed by atoms with E-state index >= 15 is 0 Å². The van der Waals surface area contributed by atoms with Gasteiger partial charge < -0.3 is 19.4 Å². The maximum absolute atomic E-state index is 12.2. The van der Waals surface area contributed by atoms with Crippen LogP contribution in [-0.4, -0.2) is 48.3 Å². The van der Waals surface area contributed by atoms with E-state index in [1.54, 1.807) is 13.3 Å². The Bertz CT molecular complexity index is 1210. The zero-order chi connectivity index (χ0) is 25.0. The van der Waals surface area contributed by atoms with Crippen LogP contribution in [0.15, 0.2) is 48.9 Å². The van der Waals surface area contributed by atoms with Crippen molar-refractivity contribution in [1.82, 2.24) is 14.5 Å². The molecule has 1 saturated heterocycles. The van der Waals surface area contributed by atoms with E-state index in [1.807, 2.05) is 24.3 Å². The van der Waals surface area contributed by atoms with E-state index in [4.69, 9.17) is 14.5 Å². The zero-order valence-electron chi connectivity index (χ0n) is 21.3. The SMILES string of the molecule is C=C(C)C(=O)Nc1cccc(-c2ncnc3c2c(C2CCOCC2)cn3COCC[Si](C)(C)C)c1. The molecule has 0 saturated carbocycles. The van der Waals surface area contributed by atoms with E-state index < -0.39 is 8.07 Å². The summed E-state index contributed by atoms with van der Waals surface area (Å²) in [7, 11) is -1.16. The number of carbonyl (C=O) groups is 1. The van der Waals surface area contributed by atoms with Crippen molar-refractivity contribution in [3.63, 3.8) is 0 Å². The summed E-state index contributed by atoms with van der Waals surface area (Å²) in [5.41, 5.74) is 5.09. The van der Waals surface area contributed by atoms with Gasteiger partial charge in [-0.3, -0.25) is 4.79 Å². The van der Waals surface area contributed by atoms with Crippen LogP contribution in [0.1, 0.15) is 31.2 Å². The first kappa shape index (κ1) is 25.3. The lowest BCUT2D eigenvalue weighted by atomic mass is 9.90. The van der Waals surface area contributed by atoms with Crippen LogP contribution in [-0.2, 0) is 21.0 Å². The van der Waals surface area contributed by atoms with Crippen molar-refractivity contribution in [2.45, 2.75) is 58.1 Å². The number of carbonyl (C=O) groups excluding carboxylic acids is 1.